The quantitative estimate of drug-likeness (QED) is 0.740. The van der Waals surface area contributed by atoms with Crippen molar-refractivity contribution in [1.82, 2.24) is 9.88 Å². The summed E-state index contributed by atoms with van der Waals surface area (Å²) in [5.74, 6) is 0.979. The molecule has 17 heavy (non-hydrogen) atoms. The average Bonchev–Trinajstić information content (AvgIpc) is 2.39. The molecule has 1 fully saturated rings. The molecule has 2 heterocycles. The van der Waals surface area contributed by atoms with Gasteiger partial charge in [0, 0.05) is 30.9 Å². The van der Waals surface area contributed by atoms with Gasteiger partial charge in [0.2, 0.25) is 0 Å². The molecular weight excluding hydrogens is 214 g/mol. The highest BCUT2D eigenvalue weighted by Crippen LogP contribution is 2.19. The van der Waals surface area contributed by atoms with Gasteiger partial charge in [0.15, 0.2) is 6.29 Å². The number of aromatic nitrogens is 1. The number of hydrogen-bond donors (Lipinski definition) is 0. The number of anilines is 1. The molecule has 0 aromatic carbocycles. The van der Waals surface area contributed by atoms with E-state index < -0.39 is 0 Å². The molecular formula is C13H19N3O. The van der Waals surface area contributed by atoms with Crippen LogP contribution in [0, 0.1) is 0 Å². The fourth-order valence-electron chi connectivity index (χ4n) is 2.27. The third-order valence-electron chi connectivity index (χ3n) is 3.43. The Kier molecular flexibility index (Phi) is 3.74. The number of aldehydes is 1. The lowest BCUT2D eigenvalue weighted by Gasteiger charge is -2.35. The Bertz CT molecular complexity index is 367. The van der Waals surface area contributed by atoms with E-state index in [-0.39, 0.29) is 0 Å². The molecule has 0 radical (unpaired) electrons. The van der Waals surface area contributed by atoms with Crippen molar-refractivity contribution in [2.75, 3.05) is 32.1 Å². The molecule has 1 aliphatic heterocycles. The predicted molar refractivity (Wildman–Crippen MR) is 68.5 cm³/mol. The van der Waals surface area contributed by atoms with Gasteiger partial charge in [-0.2, -0.15) is 0 Å². The maximum atomic E-state index is 10.6. The van der Waals surface area contributed by atoms with Crippen LogP contribution < -0.4 is 4.90 Å². The van der Waals surface area contributed by atoms with Gasteiger partial charge in [-0.1, -0.05) is 0 Å². The van der Waals surface area contributed by atoms with Crippen LogP contribution in [0.2, 0.25) is 0 Å². The minimum Gasteiger partial charge on any atom is -0.357 e. The van der Waals surface area contributed by atoms with E-state index in [0.29, 0.717) is 11.6 Å². The Balaban J connectivity index is 1.97. The summed E-state index contributed by atoms with van der Waals surface area (Å²) in [7, 11) is 4.27. The first-order valence-corrected chi connectivity index (χ1v) is 6.03. The minimum atomic E-state index is 0.636. The Morgan fingerprint density at radius 1 is 1.35 bits per heavy atom. The topological polar surface area (TPSA) is 36.4 Å². The first kappa shape index (κ1) is 12.0. The van der Waals surface area contributed by atoms with Gasteiger partial charge < -0.3 is 9.80 Å². The van der Waals surface area contributed by atoms with Crippen LogP contribution in [0.3, 0.4) is 0 Å². The van der Waals surface area contributed by atoms with Crippen LogP contribution in [-0.4, -0.2) is 49.4 Å². The molecule has 4 heteroatoms. The third-order valence-corrected chi connectivity index (χ3v) is 3.43. The van der Waals surface area contributed by atoms with E-state index in [1.807, 2.05) is 12.1 Å². The zero-order chi connectivity index (χ0) is 12.3. The van der Waals surface area contributed by atoms with E-state index >= 15 is 0 Å². The molecule has 0 aliphatic carbocycles. The van der Waals surface area contributed by atoms with Crippen LogP contribution in [-0.2, 0) is 0 Å². The van der Waals surface area contributed by atoms with Crippen LogP contribution >= 0.6 is 0 Å². The van der Waals surface area contributed by atoms with Crippen molar-refractivity contribution in [3.05, 3.63) is 23.9 Å². The van der Waals surface area contributed by atoms with Crippen molar-refractivity contribution in [3.8, 4) is 0 Å². The van der Waals surface area contributed by atoms with Gasteiger partial charge >= 0.3 is 0 Å². The number of nitrogens with zero attached hydrogens (tertiary/aromatic N) is 3. The Labute approximate surface area is 102 Å². The molecule has 1 aromatic rings. The van der Waals surface area contributed by atoms with Gasteiger partial charge in [0.05, 0.1) is 0 Å². The molecule has 0 unspecified atom stereocenters. The summed E-state index contributed by atoms with van der Waals surface area (Å²) in [6, 6.07) is 4.44. The number of pyridine rings is 1. The van der Waals surface area contributed by atoms with Crippen molar-refractivity contribution in [2.45, 2.75) is 18.9 Å². The summed E-state index contributed by atoms with van der Waals surface area (Å²) in [6.07, 6.45) is 4.81. The molecule has 92 valence electrons. The number of hydrogen-bond acceptors (Lipinski definition) is 4. The normalized spacial score (nSPS) is 17.5. The highest BCUT2D eigenvalue weighted by atomic mass is 16.1. The fraction of sp³-hybridized carbons (Fsp3) is 0.538. The van der Waals surface area contributed by atoms with Crippen LogP contribution in [0.15, 0.2) is 18.3 Å². The van der Waals surface area contributed by atoms with E-state index in [0.717, 1.165) is 25.2 Å². The number of rotatable bonds is 3. The summed E-state index contributed by atoms with van der Waals surface area (Å²) in [5.41, 5.74) is 0.636. The molecule has 0 saturated carbocycles. The molecule has 0 atom stereocenters. The van der Waals surface area contributed by atoms with Gasteiger partial charge in [-0.3, -0.25) is 4.79 Å². The molecule has 0 N–H and O–H groups in total. The lowest BCUT2D eigenvalue weighted by atomic mass is 10.0. The maximum Gasteiger partial charge on any atom is 0.151 e. The van der Waals surface area contributed by atoms with E-state index in [1.54, 1.807) is 6.20 Å². The van der Waals surface area contributed by atoms with E-state index in [4.69, 9.17) is 0 Å². The summed E-state index contributed by atoms with van der Waals surface area (Å²) in [5, 5.41) is 0. The summed E-state index contributed by atoms with van der Waals surface area (Å²) in [4.78, 5) is 19.5. The largest absolute Gasteiger partial charge is 0.357 e. The van der Waals surface area contributed by atoms with Crippen molar-refractivity contribution >= 4 is 12.1 Å². The second kappa shape index (κ2) is 5.27. The Hall–Kier alpha value is -1.42. The van der Waals surface area contributed by atoms with Gasteiger partial charge in [-0.05, 0) is 39.1 Å². The molecule has 1 saturated heterocycles. The van der Waals surface area contributed by atoms with Crippen LogP contribution in [0.5, 0.6) is 0 Å². The summed E-state index contributed by atoms with van der Waals surface area (Å²) in [6.45, 7) is 2.08. The number of carbonyl (C=O) groups excluding carboxylic acids is 1. The molecule has 2 rings (SSSR count). The van der Waals surface area contributed by atoms with Gasteiger partial charge in [0.1, 0.15) is 5.82 Å². The number of carbonyl (C=O) groups is 1. The lowest BCUT2D eigenvalue weighted by Crippen LogP contribution is -2.42. The van der Waals surface area contributed by atoms with Gasteiger partial charge in [-0.15, -0.1) is 0 Å². The van der Waals surface area contributed by atoms with E-state index in [9.17, 15) is 4.79 Å². The van der Waals surface area contributed by atoms with Crippen LogP contribution in [0.1, 0.15) is 23.2 Å². The zero-order valence-electron chi connectivity index (χ0n) is 10.5. The highest BCUT2D eigenvalue weighted by molar-refractivity contribution is 5.74. The highest BCUT2D eigenvalue weighted by Gasteiger charge is 2.21. The minimum absolute atomic E-state index is 0.636. The molecule has 0 spiro atoms. The molecule has 0 amide bonds. The predicted octanol–water partition coefficient (Wildman–Crippen LogP) is 1.42. The van der Waals surface area contributed by atoms with Crippen molar-refractivity contribution in [1.29, 1.82) is 0 Å². The molecule has 1 aromatic heterocycles. The SMILES string of the molecule is CN(C)C1CCN(c2ccc(C=O)cn2)CC1. The fourth-order valence-corrected chi connectivity index (χ4v) is 2.27. The second-order valence-corrected chi connectivity index (χ2v) is 4.75. The zero-order valence-corrected chi connectivity index (χ0v) is 10.5. The summed E-state index contributed by atoms with van der Waals surface area (Å²) < 4.78 is 0. The van der Waals surface area contributed by atoms with Crippen molar-refractivity contribution < 1.29 is 4.79 Å². The maximum absolute atomic E-state index is 10.6. The Morgan fingerprint density at radius 3 is 2.53 bits per heavy atom. The van der Waals surface area contributed by atoms with Gasteiger partial charge in [0.25, 0.3) is 0 Å². The number of piperidine rings is 1. The lowest BCUT2D eigenvalue weighted by molar-refractivity contribution is 0.112. The van der Waals surface area contributed by atoms with Crippen LogP contribution in [0.25, 0.3) is 0 Å². The molecule has 4 nitrogen and oxygen atoms in total. The van der Waals surface area contributed by atoms with E-state index in [2.05, 4.69) is 28.9 Å². The standard InChI is InChI=1S/C13H19N3O/c1-15(2)12-5-7-16(8-6-12)13-4-3-11(10-17)9-14-13/h3-4,9-10,12H,5-8H2,1-2H3. The summed E-state index contributed by atoms with van der Waals surface area (Å²) >= 11 is 0. The van der Waals surface area contributed by atoms with Crippen LogP contribution in [0.4, 0.5) is 5.82 Å². The molecule has 1 aliphatic rings. The monoisotopic (exact) mass is 233 g/mol. The van der Waals surface area contributed by atoms with Crippen molar-refractivity contribution in [2.24, 2.45) is 0 Å². The third kappa shape index (κ3) is 2.82. The average molecular weight is 233 g/mol. The first-order chi connectivity index (χ1) is 8.20. The van der Waals surface area contributed by atoms with Crippen molar-refractivity contribution in [3.63, 3.8) is 0 Å². The smallest absolute Gasteiger partial charge is 0.151 e. The van der Waals surface area contributed by atoms with Gasteiger partial charge in [-0.25, -0.2) is 4.98 Å². The molecule has 0 bridgehead atoms. The first-order valence-electron chi connectivity index (χ1n) is 6.03. The Morgan fingerprint density at radius 2 is 2.06 bits per heavy atom. The second-order valence-electron chi connectivity index (χ2n) is 4.75. The van der Waals surface area contributed by atoms with E-state index in [1.165, 1.54) is 12.8 Å².